The van der Waals surface area contributed by atoms with Crippen LogP contribution in [-0.4, -0.2) is 45.5 Å². The predicted molar refractivity (Wildman–Crippen MR) is 94.6 cm³/mol. The highest BCUT2D eigenvalue weighted by molar-refractivity contribution is 5.79. The van der Waals surface area contributed by atoms with Crippen LogP contribution in [0.2, 0.25) is 0 Å². The van der Waals surface area contributed by atoms with Crippen molar-refractivity contribution in [3.8, 4) is 0 Å². The van der Waals surface area contributed by atoms with E-state index in [1.807, 2.05) is 4.90 Å². The Balaban J connectivity index is 1.58. The van der Waals surface area contributed by atoms with Gasteiger partial charge in [0.1, 0.15) is 0 Å². The van der Waals surface area contributed by atoms with E-state index < -0.39 is 5.69 Å². The number of hydrogen-bond acceptors (Lipinski definition) is 4. The number of amides is 1. The molecule has 2 N–H and O–H groups in total. The lowest BCUT2D eigenvalue weighted by atomic mass is 10.1. The fourth-order valence-electron chi connectivity index (χ4n) is 4.19. The number of aromatic nitrogens is 2. The summed E-state index contributed by atoms with van der Waals surface area (Å²) in [6, 6.07) is 7.57. The second-order valence-corrected chi connectivity index (χ2v) is 6.86. The van der Waals surface area contributed by atoms with Crippen LogP contribution in [-0.2, 0) is 11.3 Å². The number of benzene rings is 1. The van der Waals surface area contributed by atoms with Gasteiger partial charge in [0.2, 0.25) is 5.91 Å². The molecule has 0 radical (unpaired) electrons. The summed E-state index contributed by atoms with van der Waals surface area (Å²) in [7, 11) is 0. The molecule has 0 saturated carbocycles. The van der Waals surface area contributed by atoms with Crippen molar-refractivity contribution in [1.82, 2.24) is 19.8 Å². The first kappa shape index (κ1) is 16.1. The lowest BCUT2D eigenvalue weighted by Gasteiger charge is -2.28. The molecule has 2 aliphatic rings. The van der Waals surface area contributed by atoms with E-state index in [2.05, 4.69) is 10.3 Å². The molecule has 2 atom stereocenters. The maximum atomic E-state index is 12.8. The number of carbonyl (C=O) groups excluding carboxylic acids is 1. The third kappa shape index (κ3) is 2.89. The zero-order valence-corrected chi connectivity index (χ0v) is 14.0. The van der Waals surface area contributed by atoms with E-state index in [0.29, 0.717) is 16.9 Å². The molecule has 7 nitrogen and oxygen atoms in total. The smallest absolute Gasteiger partial charge is 0.328 e. The minimum atomic E-state index is -0.461. The summed E-state index contributed by atoms with van der Waals surface area (Å²) in [6.07, 6.45) is 3.37. The Morgan fingerprint density at radius 1 is 1.12 bits per heavy atom. The SMILES string of the molecule is O=C(CCn1c(=O)[nH]c(=O)c2ccccc21)N1C2CCNCC1CC2. The molecule has 4 rings (SSSR count). The molecule has 2 unspecified atom stereocenters. The first-order chi connectivity index (χ1) is 12.1. The van der Waals surface area contributed by atoms with Crippen molar-refractivity contribution in [2.45, 2.75) is 44.3 Å². The van der Waals surface area contributed by atoms with Crippen molar-refractivity contribution >= 4 is 16.8 Å². The molecular weight excluding hydrogens is 320 g/mol. The lowest BCUT2D eigenvalue weighted by Crippen LogP contribution is -2.43. The number of fused-ring (bicyclic) bond motifs is 3. The largest absolute Gasteiger partial charge is 0.335 e. The average molecular weight is 342 g/mol. The van der Waals surface area contributed by atoms with Gasteiger partial charge < -0.3 is 10.2 Å². The van der Waals surface area contributed by atoms with Crippen molar-refractivity contribution in [2.24, 2.45) is 0 Å². The molecule has 2 aromatic rings. The highest BCUT2D eigenvalue weighted by Crippen LogP contribution is 2.28. The maximum absolute atomic E-state index is 12.8. The Hall–Kier alpha value is -2.41. The quantitative estimate of drug-likeness (QED) is 0.847. The number of carbonyl (C=O) groups is 1. The second kappa shape index (κ2) is 6.48. The second-order valence-electron chi connectivity index (χ2n) is 6.86. The van der Waals surface area contributed by atoms with E-state index in [9.17, 15) is 14.4 Å². The monoisotopic (exact) mass is 342 g/mol. The molecule has 2 saturated heterocycles. The number of aromatic amines is 1. The average Bonchev–Trinajstić information content (AvgIpc) is 2.87. The number of H-pyrrole nitrogens is 1. The van der Waals surface area contributed by atoms with Crippen molar-refractivity contribution in [3.05, 3.63) is 45.1 Å². The van der Waals surface area contributed by atoms with Gasteiger partial charge in [-0.05, 0) is 37.9 Å². The zero-order chi connectivity index (χ0) is 17.4. The van der Waals surface area contributed by atoms with Gasteiger partial charge in [0, 0.05) is 31.6 Å². The maximum Gasteiger partial charge on any atom is 0.328 e. The molecule has 3 heterocycles. The van der Waals surface area contributed by atoms with E-state index in [1.165, 1.54) is 4.57 Å². The van der Waals surface area contributed by atoms with Crippen molar-refractivity contribution in [1.29, 1.82) is 0 Å². The van der Waals surface area contributed by atoms with Gasteiger partial charge in [-0.2, -0.15) is 0 Å². The normalized spacial score (nSPS) is 23.0. The standard InChI is InChI=1S/C18H22N4O3/c23-16(22-12-5-6-13(22)11-19-9-7-12)8-10-21-15-4-2-1-3-14(15)17(24)20-18(21)25/h1-4,12-13,19H,5-11H2,(H,20,24,25). The fraction of sp³-hybridized carbons (Fsp3) is 0.500. The summed E-state index contributed by atoms with van der Waals surface area (Å²) in [6.45, 7) is 2.08. The molecule has 2 fully saturated rings. The van der Waals surface area contributed by atoms with Gasteiger partial charge in [-0.1, -0.05) is 12.1 Å². The van der Waals surface area contributed by atoms with Gasteiger partial charge >= 0.3 is 5.69 Å². The molecule has 0 aliphatic carbocycles. The Morgan fingerprint density at radius 3 is 2.80 bits per heavy atom. The van der Waals surface area contributed by atoms with Crippen molar-refractivity contribution in [2.75, 3.05) is 13.1 Å². The summed E-state index contributed by atoms with van der Waals surface area (Å²) in [5, 5.41) is 3.85. The summed E-state index contributed by atoms with van der Waals surface area (Å²) < 4.78 is 1.49. The summed E-state index contributed by atoms with van der Waals surface area (Å²) in [5.74, 6) is 0.0957. The Kier molecular flexibility index (Phi) is 4.17. The zero-order valence-electron chi connectivity index (χ0n) is 14.0. The van der Waals surface area contributed by atoms with Crippen LogP contribution in [0.4, 0.5) is 0 Å². The third-order valence-electron chi connectivity index (χ3n) is 5.40. The first-order valence-corrected chi connectivity index (χ1v) is 8.89. The van der Waals surface area contributed by atoms with Gasteiger partial charge in [0.25, 0.3) is 5.56 Å². The van der Waals surface area contributed by atoms with E-state index >= 15 is 0 Å². The number of nitrogens with zero attached hydrogens (tertiary/aromatic N) is 2. The highest BCUT2D eigenvalue weighted by atomic mass is 16.2. The van der Waals surface area contributed by atoms with Crippen molar-refractivity contribution < 1.29 is 4.79 Å². The van der Waals surface area contributed by atoms with Gasteiger partial charge in [0.05, 0.1) is 10.9 Å². The molecule has 25 heavy (non-hydrogen) atoms. The predicted octanol–water partition coefficient (Wildman–Crippen LogP) is 0.433. The van der Waals surface area contributed by atoms with Gasteiger partial charge in [0.15, 0.2) is 0 Å². The number of hydrogen-bond donors (Lipinski definition) is 2. The molecule has 0 spiro atoms. The Morgan fingerprint density at radius 2 is 1.92 bits per heavy atom. The highest BCUT2D eigenvalue weighted by Gasteiger charge is 2.37. The first-order valence-electron chi connectivity index (χ1n) is 8.89. The van der Waals surface area contributed by atoms with Crippen LogP contribution in [0.3, 0.4) is 0 Å². The molecule has 2 aliphatic heterocycles. The van der Waals surface area contributed by atoms with E-state index in [-0.39, 0.29) is 30.5 Å². The van der Waals surface area contributed by atoms with Crippen molar-refractivity contribution in [3.63, 3.8) is 0 Å². The van der Waals surface area contributed by atoms with Crippen LogP contribution >= 0.6 is 0 Å². The fourth-order valence-corrected chi connectivity index (χ4v) is 4.19. The molecular formula is C18H22N4O3. The molecule has 1 amide bonds. The molecule has 1 aromatic heterocycles. The van der Waals surface area contributed by atoms with Gasteiger partial charge in [-0.25, -0.2) is 4.79 Å². The minimum absolute atomic E-state index is 0.0957. The summed E-state index contributed by atoms with van der Waals surface area (Å²) in [5.41, 5.74) is -0.277. The number of rotatable bonds is 3. The van der Waals surface area contributed by atoms with Crippen LogP contribution in [0, 0.1) is 0 Å². The van der Waals surface area contributed by atoms with Crippen LogP contribution < -0.4 is 16.6 Å². The number of para-hydroxylation sites is 1. The summed E-state index contributed by atoms with van der Waals surface area (Å²) >= 11 is 0. The lowest BCUT2D eigenvalue weighted by molar-refractivity contribution is -0.134. The molecule has 2 bridgehead atoms. The topological polar surface area (TPSA) is 87.2 Å². The van der Waals surface area contributed by atoms with Crippen LogP contribution in [0.1, 0.15) is 25.7 Å². The number of aryl methyl sites for hydroxylation is 1. The van der Waals surface area contributed by atoms with E-state index in [1.54, 1.807) is 24.3 Å². The Bertz CT molecular complexity index is 902. The van der Waals surface area contributed by atoms with Gasteiger partial charge in [-0.15, -0.1) is 0 Å². The molecule has 1 aromatic carbocycles. The van der Waals surface area contributed by atoms with Crippen LogP contribution in [0.15, 0.2) is 33.9 Å². The van der Waals surface area contributed by atoms with Crippen LogP contribution in [0.25, 0.3) is 10.9 Å². The van der Waals surface area contributed by atoms with E-state index in [4.69, 9.17) is 0 Å². The molecule has 7 heteroatoms. The summed E-state index contributed by atoms with van der Waals surface area (Å²) in [4.78, 5) is 41.3. The third-order valence-corrected chi connectivity index (χ3v) is 5.40. The molecule has 132 valence electrons. The van der Waals surface area contributed by atoms with Crippen LogP contribution in [0.5, 0.6) is 0 Å². The minimum Gasteiger partial charge on any atom is -0.335 e. The van der Waals surface area contributed by atoms with Gasteiger partial charge in [-0.3, -0.25) is 19.1 Å². The Labute approximate surface area is 144 Å². The number of nitrogens with one attached hydrogen (secondary N) is 2. The van der Waals surface area contributed by atoms with E-state index in [0.717, 1.165) is 32.4 Å².